The maximum absolute atomic E-state index is 12.7. The van der Waals surface area contributed by atoms with Gasteiger partial charge in [0.15, 0.2) is 0 Å². The van der Waals surface area contributed by atoms with Gasteiger partial charge in [-0.05, 0) is 18.2 Å². The van der Waals surface area contributed by atoms with E-state index in [4.69, 9.17) is 5.26 Å². The third kappa shape index (κ3) is 1.87. The van der Waals surface area contributed by atoms with Crippen LogP contribution in [0.3, 0.4) is 0 Å². The number of pyridine rings is 1. The van der Waals surface area contributed by atoms with Gasteiger partial charge in [-0.1, -0.05) is 0 Å². The minimum atomic E-state index is -0.418. The van der Waals surface area contributed by atoms with E-state index < -0.39 is 5.82 Å². The lowest BCUT2D eigenvalue weighted by Gasteiger charge is -1.90. The molecule has 0 aliphatic rings. The van der Waals surface area contributed by atoms with Crippen LogP contribution in [-0.2, 0) is 0 Å². The molecule has 0 aliphatic heterocycles. The minimum Gasteiger partial charge on any atom is -0.254 e. The fraction of sp³-hybridized carbons (Fsp3) is 0. The monoisotopic (exact) mass is 148 g/mol. The Hall–Kier alpha value is -1.69. The molecular weight excluding hydrogens is 143 g/mol. The molecule has 0 unspecified atom stereocenters. The summed E-state index contributed by atoms with van der Waals surface area (Å²) in [5.74, 6) is -0.418. The van der Waals surface area contributed by atoms with Gasteiger partial charge in [0.05, 0.1) is 11.8 Å². The van der Waals surface area contributed by atoms with Crippen molar-refractivity contribution in [1.29, 1.82) is 5.26 Å². The summed E-state index contributed by atoms with van der Waals surface area (Å²) in [7, 11) is 0. The van der Waals surface area contributed by atoms with Crippen LogP contribution in [0.2, 0.25) is 0 Å². The van der Waals surface area contributed by atoms with Crippen molar-refractivity contribution < 1.29 is 4.39 Å². The summed E-state index contributed by atoms with van der Waals surface area (Å²) in [6.07, 6.45) is 3.99. The van der Waals surface area contributed by atoms with Crippen molar-refractivity contribution >= 4 is 6.08 Å². The van der Waals surface area contributed by atoms with Crippen molar-refractivity contribution in [1.82, 2.24) is 4.98 Å². The second-order valence-electron chi connectivity index (χ2n) is 1.83. The van der Waals surface area contributed by atoms with E-state index in [9.17, 15) is 4.39 Å². The molecule has 0 aromatic carbocycles. The third-order valence-corrected chi connectivity index (χ3v) is 1.10. The van der Waals surface area contributed by atoms with Crippen LogP contribution in [0.4, 0.5) is 4.39 Å². The Morgan fingerprint density at radius 1 is 1.64 bits per heavy atom. The van der Waals surface area contributed by atoms with Crippen LogP contribution in [0, 0.1) is 17.1 Å². The van der Waals surface area contributed by atoms with Crippen LogP contribution in [0.5, 0.6) is 0 Å². The van der Waals surface area contributed by atoms with E-state index >= 15 is 0 Å². The van der Waals surface area contributed by atoms with Gasteiger partial charge in [0.2, 0.25) is 0 Å². The van der Waals surface area contributed by atoms with Crippen LogP contribution in [-0.4, -0.2) is 4.98 Å². The number of halogens is 1. The quantitative estimate of drug-likeness (QED) is 0.569. The number of nitriles is 1. The first kappa shape index (κ1) is 7.42. The fourth-order valence-corrected chi connectivity index (χ4v) is 0.637. The predicted octanol–water partition coefficient (Wildman–Crippen LogP) is 1.76. The second-order valence-corrected chi connectivity index (χ2v) is 1.83. The molecular formula is C8H5FN2. The van der Waals surface area contributed by atoms with Gasteiger partial charge in [-0.2, -0.15) is 5.26 Å². The van der Waals surface area contributed by atoms with Crippen LogP contribution in [0.25, 0.3) is 6.08 Å². The standard InChI is InChI=1S/C8H5FN2/c9-7-3-2-6-11-8(7)4-1-5-10/h1-4,6H. The predicted molar refractivity (Wildman–Crippen MR) is 38.8 cm³/mol. The molecule has 0 spiro atoms. The SMILES string of the molecule is N#CC=Cc1ncccc1F. The Balaban J connectivity index is 2.97. The highest BCUT2D eigenvalue weighted by Gasteiger charge is 1.94. The van der Waals surface area contributed by atoms with E-state index in [1.165, 1.54) is 30.5 Å². The Labute approximate surface area is 63.6 Å². The number of hydrogen-bond donors (Lipinski definition) is 0. The second kappa shape index (κ2) is 3.47. The lowest BCUT2D eigenvalue weighted by Crippen LogP contribution is -1.84. The molecule has 0 radical (unpaired) electrons. The zero-order valence-electron chi connectivity index (χ0n) is 5.66. The van der Waals surface area contributed by atoms with Crippen molar-refractivity contribution in [3.63, 3.8) is 0 Å². The van der Waals surface area contributed by atoms with Gasteiger partial charge in [0.25, 0.3) is 0 Å². The first-order valence-electron chi connectivity index (χ1n) is 3.01. The van der Waals surface area contributed by atoms with Gasteiger partial charge in [-0.25, -0.2) is 4.39 Å². The molecule has 2 nitrogen and oxygen atoms in total. The minimum absolute atomic E-state index is 0.189. The van der Waals surface area contributed by atoms with Crippen molar-refractivity contribution in [3.05, 3.63) is 35.9 Å². The first-order chi connectivity index (χ1) is 5.34. The maximum atomic E-state index is 12.7. The number of rotatable bonds is 1. The van der Waals surface area contributed by atoms with E-state index in [0.717, 1.165) is 0 Å². The smallest absolute Gasteiger partial charge is 0.148 e. The van der Waals surface area contributed by atoms with E-state index in [2.05, 4.69) is 4.98 Å². The summed E-state index contributed by atoms with van der Waals surface area (Å²) in [6, 6.07) is 4.55. The highest BCUT2D eigenvalue weighted by Crippen LogP contribution is 2.03. The molecule has 1 rings (SSSR count). The summed E-state index contributed by atoms with van der Waals surface area (Å²) in [4.78, 5) is 3.70. The number of aromatic nitrogens is 1. The number of hydrogen-bond acceptors (Lipinski definition) is 2. The molecule has 0 saturated carbocycles. The van der Waals surface area contributed by atoms with Gasteiger partial charge < -0.3 is 0 Å². The zero-order chi connectivity index (χ0) is 8.10. The van der Waals surface area contributed by atoms with Crippen LogP contribution in [0.1, 0.15) is 5.69 Å². The maximum Gasteiger partial charge on any atom is 0.148 e. The van der Waals surface area contributed by atoms with Gasteiger partial charge in [-0.15, -0.1) is 0 Å². The average Bonchev–Trinajstić information content (AvgIpc) is 2.03. The van der Waals surface area contributed by atoms with Gasteiger partial charge in [0, 0.05) is 12.3 Å². The molecule has 0 bridgehead atoms. The van der Waals surface area contributed by atoms with Gasteiger partial charge >= 0.3 is 0 Å². The molecule has 1 aromatic rings. The van der Waals surface area contributed by atoms with E-state index in [0.29, 0.717) is 0 Å². The third-order valence-electron chi connectivity index (χ3n) is 1.10. The van der Waals surface area contributed by atoms with Crippen molar-refractivity contribution in [2.45, 2.75) is 0 Å². The molecule has 1 heterocycles. The molecule has 3 heteroatoms. The van der Waals surface area contributed by atoms with Crippen molar-refractivity contribution in [3.8, 4) is 6.07 Å². The Kier molecular flexibility index (Phi) is 2.34. The Bertz CT molecular complexity index is 312. The van der Waals surface area contributed by atoms with Crippen molar-refractivity contribution in [2.24, 2.45) is 0 Å². The summed E-state index contributed by atoms with van der Waals surface area (Å²) in [6.45, 7) is 0. The van der Waals surface area contributed by atoms with E-state index in [-0.39, 0.29) is 5.69 Å². The Morgan fingerprint density at radius 2 is 2.45 bits per heavy atom. The summed E-state index contributed by atoms with van der Waals surface area (Å²) < 4.78 is 12.7. The molecule has 54 valence electrons. The lowest BCUT2D eigenvalue weighted by atomic mass is 10.3. The summed E-state index contributed by atoms with van der Waals surface area (Å²) in [5, 5.41) is 8.13. The molecule has 0 N–H and O–H groups in total. The molecule has 1 aromatic heterocycles. The topological polar surface area (TPSA) is 36.7 Å². The molecule has 0 aliphatic carbocycles. The van der Waals surface area contributed by atoms with Crippen molar-refractivity contribution in [2.75, 3.05) is 0 Å². The van der Waals surface area contributed by atoms with Crippen LogP contribution in [0.15, 0.2) is 24.4 Å². The first-order valence-corrected chi connectivity index (χ1v) is 3.01. The molecule has 0 fully saturated rings. The highest BCUT2D eigenvalue weighted by molar-refractivity contribution is 5.47. The molecule has 0 amide bonds. The zero-order valence-corrected chi connectivity index (χ0v) is 5.66. The fourth-order valence-electron chi connectivity index (χ4n) is 0.637. The summed E-state index contributed by atoms with van der Waals surface area (Å²) in [5.41, 5.74) is 0.189. The number of nitrogens with zero attached hydrogens (tertiary/aromatic N) is 2. The normalized spacial score (nSPS) is 9.82. The largest absolute Gasteiger partial charge is 0.254 e. The van der Waals surface area contributed by atoms with E-state index in [1.54, 1.807) is 6.07 Å². The van der Waals surface area contributed by atoms with Gasteiger partial charge in [-0.3, -0.25) is 4.98 Å². The highest BCUT2D eigenvalue weighted by atomic mass is 19.1. The van der Waals surface area contributed by atoms with Gasteiger partial charge in [0.1, 0.15) is 5.82 Å². The molecule has 11 heavy (non-hydrogen) atoms. The Morgan fingerprint density at radius 3 is 3.09 bits per heavy atom. The average molecular weight is 148 g/mol. The molecule has 0 saturated heterocycles. The van der Waals surface area contributed by atoms with E-state index in [1.807, 2.05) is 0 Å². The lowest BCUT2D eigenvalue weighted by molar-refractivity contribution is 0.618. The number of allylic oxidation sites excluding steroid dienone is 1. The van der Waals surface area contributed by atoms with Crippen LogP contribution < -0.4 is 0 Å². The molecule has 0 atom stereocenters. The van der Waals surface area contributed by atoms with Crippen LogP contribution >= 0.6 is 0 Å². The summed E-state index contributed by atoms with van der Waals surface area (Å²) >= 11 is 0.